The number of hydrogen-bond acceptors (Lipinski definition) is 3. The lowest BCUT2D eigenvalue weighted by Gasteiger charge is -2.18. The third kappa shape index (κ3) is 5.01. The van der Waals surface area contributed by atoms with Crippen LogP contribution in [0, 0.1) is 27.7 Å². The Bertz CT molecular complexity index is 1160. The molecular weight excluding hydrogens is 435 g/mol. The average Bonchev–Trinajstić information content (AvgIpc) is 2.70. The number of nitrogens with one attached hydrogen (secondary N) is 2. The number of carbonyl (C=O) groups excluding carboxylic acids is 2. The summed E-state index contributed by atoms with van der Waals surface area (Å²) in [5.41, 5.74) is 4.21. The Morgan fingerprint density at radius 1 is 0.839 bits per heavy atom. The number of imide groups is 1. The molecule has 0 saturated heterocycles. The van der Waals surface area contributed by atoms with Crippen molar-refractivity contribution < 1.29 is 14.3 Å². The maximum Gasteiger partial charge on any atom is 0.326 e. The van der Waals surface area contributed by atoms with Gasteiger partial charge in [-0.2, -0.15) is 0 Å². The van der Waals surface area contributed by atoms with Gasteiger partial charge >= 0.3 is 6.03 Å². The van der Waals surface area contributed by atoms with E-state index in [0.29, 0.717) is 5.69 Å². The molecule has 0 atom stereocenters. The van der Waals surface area contributed by atoms with E-state index in [2.05, 4.69) is 10.6 Å². The number of anilines is 1. The van der Waals surface area contributed by atoms with Gasteiger partial charge in [-0.15, -0.1) is 0 Å². The molecule has 0 saturated carbocycles. The van der Waals surface area contributed by atoms with Crippen LogP contribution in [0.3, 0.4) is 0 Å². The third-order valence-corrected chi connectivity index (χ3v) is 5.63. The van der Waals surface area contributed by atoms with Gasteiger partial charge in [0, 0.05) is 5.69 Å². The van der Waals surface area contributed by atoms with E-state index >= 15 is 0 Å². The summed E-state index contributed by atoms with van der Waals surface area (Å²) in [5, 5.41) is 5.32. The fourth-order valence-electron chi connectivity index (χ4n) is 3.16. The van der Waals surface area contributed by atoms with Crippen LogP contribution in [-0.2, 0) is 0 Å². The lowest BCUT2D eigenvalue weighted by Crippen LogP contribution is -2.35. The molecule has 0 unspecified atom stereocenters. The molecular formula is C24H22Cl2N2O3. The minimum absolute atomic E-state index is 0.0482. The molecule has 31 heavy (non-hydrogen) atoms. The highest BCUT2D eigenvalue weighted by molar-refractivity contribution is 6.40. The van der Waals surface area contributed by atoms with Gasteiger partial charge in [0.15, 0.2) is 0 Å². The molecule has 0 aliphatic rings. The number of aryl methyl sites for hydroxylation is 2. The number of urea groups is 1. The summed E-state index contributed by atoms with van der Waals surface area (Å²) < 4.78 is 6.15. The zero-order valence-electron chi connectivity index (χ0n) is 17.6. The number of para-hydroxylation sites is 1. The average molecular weight is 457 g/mol. The van der Waals surface area contributed by atoms with Crippen LogP contribution >= 0.6 is 23.2 Å². The van der Waals surface area contributed by atoms with Crippen molar-refractivity contribution in [3.05, 3.63) is 86.4 Å². The third-order valence-electron chi connectivity index (χ3n) is 5.00. The standard InChI is InChI=1S/C24H22Cl2N2O3/c1-13-8-5-6-11-20(13)31-22-14(2)12-19(15(3)16(22)4)27-24(30)28-23(29)21-17(25)9-7-10-18(21)26/h5-12H,1-4H3,(H2,27,28,29,30). The van der Waals surface area contributed by atoms with Crippen LogP contribution in [-0.4, -0.2) is 11.9 Å². The first-order valence-electron chi connectivity index (χ1n) is 9.59. The van der Waals surface area contributed by atoms with Gasteiger partial charge in [-0.1, -0.05) is 47.5 Å². The molecule has 5 nitrogen and oxygen atoms in total. The molecule has 0 heterocycles. The van der Waals surface area contributed by atoms with Crippen LogP contribution in [0.2, 0.25) is 10.0 Å². The highest BCUT2D eigenvalue weighted by Crippen LogP contribution is 2.35. The Kier molecular flexibility index (Phi) is 6.88. The number of hydrogen-bond donors (Lipinski definition) is 2. The van der Waals surface area contributed by atoms with E-state index in [0.717, 1.165) is 33.8 Å². The van der Waals surface area contributed by atoms with Gasteiger partial charge in [-0.25, -0.2) is 4.79 Å². The Morgan fingerprint density at radius 3 is 2.13 bits per heavy atom. The summed E-state index contributed by atoms with van der Waals surface area (Å²) in [5.74, 6) is 0.823. The summed E-state index contributed by atoms with van der Waals surface area (Å²) in [7, 11) is 0. The number of rotatable bonds is 4. The van der Waals surface area contributed by atoms with E-state index in [1.807, 2.05) is 58.0 Å². The van der Waals surface area contributed by atoms with Crippen molar-refractivity contribution in [1.82, 2.24) is 5.32 Å². The van der Waals surface area contributed by atoms with E-state index in [-0.39, 0.29) is 15.6 Å². The first kappa shape index (κ1) is 22.7. The Hall–Kier alpha value is -3.02. The number of benzene rings is 3. The zero-order valence-corrected chi connectivity index (χ0v) is 19.1. The molecule has 7 heteroatoms. The van der Waals surface area contributed by atoms with Crippen LogP contribution in [0.1, 0.15) is 32.6 Å². The largest absolute Gasteiger partial charge is 0.457 e. The second-order valence-corrected chi connectivity index (χ2v) is 8.01. The molecule has 0 fully saturated rings. The predicted molar refractivity (Wildman–Crippen MR) is 125 cm³/mol. The molecule has 0 aliphatic carbocycles. The van der Waals surface area contributed by atoms with Gasteiger partial charge in [-0.05, 0) is 74.2 Å². The van der Waals surface area contributed by atoms with E-state index in [1.54, 1.807) is 6.07 Å². The van der Waals surface area contributed by atoms with Crippen molar-refractivity contribution in [2.75, 3.05) is 5.32 Å². The number of carbonyl (C=O) groups is 2. The molecule has 160 valence electrons. The maximum atomic E-state index is 12.5. The number of ether oxygens (including phenoxy) is 1. The van der Waals surface area contributed by atoms with Crippen LogP contribution in [0.4, 0.5) is 10.5 Å². The van der Waals surface area contributed by atoms with Crippen LogP contribution in [0.5, 0.6) is 11.5 Å². The normalized spacial score (nSPS) is 10.5. The molecule has 3 aromatic carbocycles. The van der Waals surface area contributed by atoms with Crippen molar-refractivity contribution in [3.63, 3.8) is 0 Å². The minimum Gasteiger partial charge on any atom is -0.457 e. The monoisotopic (exact) mass is 456 g/mol. The molecule has 0 bridgehead atoms. The molecule has 0 aliphatic heterocycles. The fraction of sp³-hybridized carbons (Fsp3) is 0.167. The minimum atomic E-state index is -0.685. The van der Waals surface area contributed by atoms with E-state index < -0.39 is 11.9 Å². The second-order valence-electron chi connectivity index (χ2n) is 7.19. The van der Waals surface area contributed by atoms with Crippen LogP contribution in [0.25, 0.3) is 0 Å². The lowest BCUT2D eigenvalue weighted by atomic mass is 10.0. The summed E-state index contributed by atoms with van der Waals surface area (Å²) in [6.07, 6.45) is 0. The molecule has 3 rings (SSSR count). The van der Waals surface area contributed by atoms with E-state index in [1.165, 1.54) is 12.1 Å². The molecule has 3 aromatic rings. The maximum absolute atomic E-state index is 12.5. The Morgan fingerprint density at radius 2 is 1.48 bits per heavy atom. The molecule has 0 radical (unpaired) electrons. The summed E-state index contributed by atoms with van der Waals surface area (Å²) in [6, 6.07) is 13.6. The Balaban J connectivity index is 1.80. The van der Waals surface area contributed by atoms with Gasteiger partial charge in [0.1, 0.15) is 11.5 Å². The summed E-state index contributed by atoms with van der Waals surface area (Å²) in [6.45, 7) is 7.68. The van der Waals surface area contributed by atoms with Gasteiger partial charge in [0.2, 0.25) is 0 Å². The fourth-order valence-corrected chi connectivity index (χ4v) is 3.73. The highest BCUT2D eigenvalue weighted by atomic mass is 35.5. The van der Waals surface area contributed by atoms with Crippen LogP contribution in [0.15, 0.2) is 48.5 Å². The van der Waals surface area contributed by atoms with Crippen molar-refractivity contribution in [2.24, 2.45) is 0 Å². The second kappa shape index (κ2) is 9.41. The number of amides is 3. The topological polar surface area (TPSA) is 67.4 Å². The summed E-state index contributed by atoms with van der Waals surface area (Å²) >= 11 is 12.1. The quantitative estimate of drug-likeness (QED) is 0.444. The molecule has 0 spiro atoms. The van der Waals surface area contributed by atoms with Gasteiger partial charge < -0.3 is 10.1 Å². The van der Waals surface area contributed by atoms with Crippen LogP contribution < -0.4 is 15.4 Å². The summed E-state index contributed by atoms with van der Waals surface area (Å²) in [4.78, 5) is 24.9. The zero-order chi connectivity index (χ0) is 22.7. The predicted octanol–water partition coefficient (Wildman–Crippen LogP) is 6.98. The van der Waals surface area contributed by atoms with Crippen molar-refractivity contribution in [1.29, 1.82) is 0 Å². The number of halogens is 2. The first-order valence-corrected chi connectivity index (χ1v) is 10.3. The molecule has 2 N–H and O–H groups in total. The van der Waals surface area contributed by atoms with Crippen molar-refractivity contribution >= 4 is 40.8 Å². The van der Waals surface area contributed by atoms with Gasteiger partial charge in [-0.3, -0.25) is 10.1 Å². The molecule has 3 amide bonds. The highest BCUT2D eigenvalue weighted by Gasteiger charge is 2.19. The van der Waals surface area contributed by atoms with E-state index in [4.69, 9.17) is 27.9 Å². The van der Waals surface area contributed by atoms with Gasteiger partial charge in [0.05, 0.1) is 15.6 Å². The molecule has 0 aromatic heterocycles. The van der Waals surface area contributed by atoms with Gasteiger partial charge in [0.25, 0.3) is 5.91 Å². The van der Waals surface area contributed by atoms with E-state index in [9.17, 15) is 9.59 Å². The van der Waals surface area contributed by atoms with Crippen molar-refractivity contribution in [2.45, 2.75) is 27.7 Å². The first-order chi connectivity index (χ1) is 14.7. The SMILES string of the molecule is Cc1ccccc1Oc1c(C)cc(NC(=O)NC(=O)c2c(Cl)cccc2Cl)c(C)c1C. The lowest BCUT2D eigenvalue weighted by molar-refractivity contribution is 0.0967. The smallest absolute Gasteiger partial charge is 0.326 e. The van der Waals surface area contributed by atoms with Crippen molar-refractivity contribution in [3.8, 4) is 11.5 Å². The Labute approximate surface area is 191 Å².